The molecule has 1 aromatic rings. The molecule has 0 aromatic heterocycles. The van der Waals surface area contributed by atoms with E-state index < -0.39 is 0 Å². The van der Waals surface area contributed by atoms with Crippen LogP contribution in [0.15, 0.2) is 24.3 Å². The minimum Gasteiger partial charge on any atom is -0.490 e. The number of ether oxygens (including phenoxy) is 1. The van der Waals surface area contributed by atoms with Crippen molar-refractivity contribution in [3.63, 3.8) is 0 Å². The third-order valence-corrected chi connectivity index (χ3v) is 3.59. The first-order chi connectivity index (χ1) is 9.24. The van der Waals surface area contributed by atoms with E-state index >= 15 is 0 Å². The molecule has 0 heterocycles. The van der Waals surface area contributed by atoms with Crippen molar-refractivity contribution in [1.82, 2.24) is 10.2 Å². The largest absolute Gasteiger partial charge is 0.490 e. The summed E-state index contributed by atoms with van der Waals surface area (Å²) in [6.07, 6.45) is 5.52. The average Bonchev–Trinajstić information content (AvgIpc) is 2.89. The molecule has 1 fully saturated rings. The third kappa shape index (κ3) is 6.12. The van der Waals surface area contributed by atoms with Crippen molar-refractivity contribution >= 4 is 12.4 Å². The summed E-state index contributed by atoms with van der Waals surface area (Å²) < 4.78 is 5.96. The normalized spacial score (nSPS) is 15.3. The van der Waals surface area contributed by atoms with Crippen LogP contribution in [0.2, 0.25) is 0 Å². The summed E-state index contributed by atoms with van der Waals surface area (Å²) in [7, 11) is 4.19. The first-order valence-electron chi connectivity index (χ1n) is 7.35. The van der Waals surface area contributed by atoms with Crippen molar-refractivity contribution < 1.29 is 4.74 Å². The first-order valence-corrected chi connectivity index (χ1v) is 7.35. The van der Waals surface area contributed by atoms with Gasteiger partial charge in [0.15, 0.2) is 0 Å². The molecule has 1 aliphatic rings. The SMILES string of the molecule is CN(C)CCNCc1ccc(OC2CCCC2)cc1.Cl. The lowest BCUT2D eigenvalue weighted by molar-refractivity contribution is 0.210. The molecule has 3 nitrogen and oxygen atoms in total. The van der Waals surface area contributed by atoms with Crippen molar-refractivity contribution in [3.8, 4) is 5.75 Å². The summed E-state index contributed by atoms with van der Waals surface area (Å²) in [5, 5.41) is 3.44. The zero-order valence-corrected chi connectivity index (χ0v) is 13.4. The number of likely N-dealkylation sites (N-methyl/N-ethyl adjacent to an activating group) is 1. The molecule has 0 spiro atoms. The Labute approximate surface area is 129 Å². The average molecular weight is 299 g/mol. The third-order valence-electron chi connectivity index (χ3n) is 3.59. The molecule has 1 aliphatic carbocycles. The van der Waals surface area contributed by atoms with Gasteiger partial charge in [0.25, 0.3) is 0 Å². The summed E-state index contributed by atoms with van der Waals surface area (Å²) in [5.41, 5.74) is 1.32. The van der Waals surface area contributed by atoms with E-state index in [0.29, 0.717) is 6.10 Å². The van der Waals surface area contributed by atoms with Gasteiger partial charge in [0, 0.05) is 19.6 Å². The van der Waals surface area contributed by atoms with Crippen LogP contribution in [0.1, 0.15) is 31.2 Å². The van der Waals surface area contributed by atoms with E-state index in [0.717, 1.165) is 25.4 Å². The molecular formula is C16H27ClN2O. The quantitative estimate of drug-likeness (QED) is 0.783. The smallest absolute Gasteiger partial charge is 0.119 e. The van der Waals surface area contributed by atoms with Gasteiger partial charge in [-0.3, -0.25) is 0 Å². The molecule has 1 saturated carbocycles. The molecule has 20 heavy (non-hydrogen) atoms. The number of nitrogens with one attached hydrogen (secondary N) is 1. The van der Waals surface area contributed by atoms with Crippen LogP contribution in [0.5, 0.6) is 5.75 Å². The van der Waals surface area contributed by atoms with Crippen molar-refractivity contribution in [2.75, 3.05) is 27.2 Å². The van der Waals surface area contributed by atoms with Crippen LogP contribution in [-0.4, -0.2) is 38.2 Å². The molecule has 1 N–H and O–H groups in total. The molecule has 0 radical (unpaired) electrons. The lowest BCUT2D eigenvalue weighted by Crippen LogP contribution is -2.26. The minimum absolute atomic E-state index is 0. The van der Waals surface area contributed by atoms with E-state index in [1.54, 1.807) is 0 Å². The van der Waals surface area contributed by atoms with Crippen molar-refractivity contribution in [1.29, 1.82) is 0 Å². The molecule has 114 valence electrons. The van der Waals surface area contributed by atoms with E-state index in [1.165, 1.54) is 31.2 Å². The molecule has 0 atom stereocenters. The summed E-state index contributed by atoms with van der Waals surface area (Å²) >= 11 is 0. The molecule has 2 rings (SSSR count). The van der Waals surface area contributed by atoms with Crippen molar-refractivity contribution in [2.24, 2.45) is 0 Å². The number of hydrogen-bond donors (Lipinski definition) is 1. The van der Waals surface area contributed by atoms with E-state index in [-0.39, 0.29) is 12.4 Å². The van der Waals surface area contributed by atoms with Gasteiger partial charge in [-0.05, 0) is 57.5 Å². The minimum atomic E-state index is 0. The van der Waals surface area contributed by atoms with E-state index in [9.17, 15) is 0 Å². The van der Waals surface area contributed by atoms with Crippen molar-refractivity contribution in [3.05, 3.63) is 29.8 Å². The van der Waals surface area contributed by atoms with Crippen molar-refractivity contribution in [2.45, 2.75) is 38.3 Å². The number of halogens is 1. The van der Waals surface area contributed by atoms with Crippen LogP contribution in [0, 0.1) is 0 Å². The predicted molar refractivity (Wildman–Crippen MR) is 86.8 cm³/mol. The zero-order chi connectivity index (χ0) is 13.5. The second-order valence-corrected chi connectivity index (χ2v) is 5.65. The van der Waals surface area contributed by atoms with Gasteiger partial charge in [-0.2, -0.15) is 0 Å². The lowest BCUT2D eigenvalue weighted by Gasteiger charge is -2.13. The number of nitrogens with zero attached hydrogens (tertiary/aromatic N) is 1. The van der Waals surface area contributed by atoms with Gasteiger partial charge in [0.1, 0.15) is 5.75 Å². The predicted octanol–water partition coefficient (Wildman–Crippen LogP) is 3.08. The maximum atomic E-state index is 5.96. The second kappa shape index (κ2) is 9.22. The van der Waals surface area contributed by atoms with Crippen LogP contribution >= 0.6 is 12.4 Å². The van der Waals surface area contributed by atoms with Crippen LogP contribution in [0.25, 0.3) is 0 Å². The van der Waals surface area contributed by atoms with Gasteiger partial charge in [0.2, 0.25) is 0 Å². The van der Waals surface area contributed by atoms with Crippen LogP contribution < -0.4 is 10.1 Å². The van der Waals surface area contributed by atoms with Gasteiger partial charge < -0.3 is 15.0 Å². The Morgan fingerprint density at radius 3 is 2.40 bits per heavy atom. The van der Waals surface area contributed by atoms with Crippen LogP contribution in [0.3, 0.4) is 0 Å². The Morgan fingerprint density at radius 1 is 1.15 bits per heavy atom. The highest BCUT2D eigenvalue weighted by Gasteiger charge is 2.16. The van der Waals surface area contributed by atoms with E-state index in [1.807, 2.05) is 0 Å². The fourth-order valence-electron chi connectivity index (χ4n) is 2.42. The Balaban J connectivity index is 0.00000200. The van der Waals surface area contributed by atoms with Crippen LogP contribution in [-0.2, 0) is 6.54 Å². The highest BCUT2D eigenvalue weighted by molar-refractivity contribution is 5.85. The molecular weight excluding hydrogens is 272 g/mol. The Morgan fingerprint density at radius 2 is 1.80 bits per heavy atom. The number of hydrogen-bond acceptors (Lipinski definition) is 3. The monoisotopic (exact) mass is 298 g/mol. The number of benzene rings is 1. The molecule has 1 aromatic carbocycles. The topological polar surface area (TPSA) is 24.5 Å². The van der Waals surface area contributed by atoms with Crippen LogP contribution in [0.4, 0.5) is 0 Å². The fraction of sp³-hybridized carbons (Fsp3) is 0.625. The van der Waals surface area contributed by atoms with E-state index in [4.69, 9.17) is 4.74 Å². The highest BCUT2D eigenvalue weighted by Crippen LogP contribution is 2.24. The maximum Gasteiger partial charge on any atom is 0.119 e. The van der Waals surface area contributed by atoms with Gasteiger partial charge >= 0.3 is 0 Å². The standard InChI is InChI=1S/C16H26N2O.ClH/c1-18(2)12-11-17-13-14-7-9-16(10-8-14)19-15-5-3-4-6-15;/h7-10,15,17H,3-6,11-13H2,1-2H3;1H. The second-order valence-electron chi connectivity index (χ2n) is 5.65. The van der Waals surface area contributed by atoms with Gasteiger partial charge in [-0.25, -0.2) is 0 Å². The molecule has 4 heteroatoms. The molecule has 0 saturated heterocycles. The fourth-order valence-corrected chi connectivity index (χ4v) is 2.42. The van der Waals surface area contributed by atoms with Gasteiger partial charge in [-0.15, -0.1) is 12.4 Å². The van der Waals surface area contributed by atoms with Gasteiger partial charge in [0.05, 0.1) is 6.10 Å². The summed E-state index contributed by atoms with van der Waals surface area (Å²) in [6, 6.07) is 8.52. The lowest BCUT2D eigenvalue weighted by atomic mass is 10.2. The Bertz CT molecular complexity index is 361. The zero-order valence-electron chi connectivity index (χ0n) is 12.6. The van der Waals surface area contributed by atoms with E-state index in [2.05, 4.69) is 48.6 Å². The molecule has 0 unspecified atom stereocenters. The first kappa shape index (κ1) is 17.3. The Hall–Kier alpha value is -0.770. The molecule has 0 aliphatic heterocycles. The molecule has 0 amide bonds. The molecule has 0 bridgehead atoms. The summed E-state index contributed by atoms with van der Waals surface area (Å²) in [6.45, 7) is 3.02. The number of rotatable bonds is 7. The summed E-state index contributed by atoms with van der Waals surface area (Å²) in [4.78, 5) is 2.19. The highest BCUT2D eigenvalue weighted by atomic mass is 35.5. The Kier molecular flexibility index (Phi) is 7.97. The maximum absolute atomic E-state index is 5.96. The van der Waals surface area contributed by atoms with Gasteiger partial charge in [-0.1, -0.05) is 12.1 Å². The summed E-state index contributed by atoms with van der Waals surface area (Å²) in [5.74, 6) is 1.02.